The van der Waals surface area contributed by atoms with Gasteiger partial charge >= 0.3 is 0 Å². The van der Waals surface area contributed by atoms with E-state index in [0.717, 1.165) is 12.8 Å². The Hall–Kier alpha value is -3.25. The van der Waals surface area contributed by atoms with Crippen LogP contribution in [-0.4, -0.2) is 48.4 Å². The number of ether oxygens (including phenoxy) is 1. The summed E-state index contributed by atoms with van der Waals surface area (Å²) in [5, 5.41) is 18.9. The first-order valence-electron chi connectivity index (χ1n) is 11.0. The fraction of sp³-hybridized carbons (Fsp3) is 0.478. The predicted octanol–water partition coefficient (Wildman–Crippen LogP) is 2.26. The summed E-state index contributed by atoms with van der Waals surface area (Å²) in [4.78, 5) is 40.8. The van der Waals surface area contributed by atoms with Crippen molar-refractivity contribution >= 4 is 40.2 Å². The Kier molecular flexibility index (Phi) is 6.75. The minimum absolute atomic E-state index is 0.0959. The predicted molar refractivity (Wildman–Crippen MR) is 122 cm³/mol. The molecule has 3 unspecified atom stereocenters. The van der Waals surface area contributed by atoms with Gasteiger partial charge in [-0.1, -0.05) is 24.4 Å². The van der Waals surface area contributed by atoms with E-state index in [9.17, 15) is 19.6 Å². The van der Waals surface area contributed by atoms with Crippen LogP contribution in [0.15, 0.2) is 18.2 Å². The Morgan fingerprint density at radius 3 is 2.67 bits per heavy atom. The number of nitriles is 1. The first-order chi connectivity index (χ1) is 15.9. The van der Waals surface area contributed by atoms with Crippen molar-refractivity contribution in [3.05, 3.63) is 28.9 Å². The first kappa shape index (κ1) is 22.9. The molecule has 174 valence electrons. The van der Waals surface area contributed by atoms with Crippen LogP contribution in [0.3, 0.4) is 0 Å². The number of amides is 3. The summed E-state index contributed by atoms with van der Waals surface area (Å²) in [5.74, 6) is -0.311. The summed E-state index contributed by atoms with van der Waals surface area (Å²) in [6.07, 6.45) is 3.40. The third-order valence-electron chi connectivity index (χ3n) is 6.18. The van der Waals surface area contributed by atoms with Gasteiger partial charge in [-0.15, -0.1) is 0 Å². The maximum absolute atomic E-state index is 13.0. The van der Waals surface area contributed by atoms with Gasteiger partial charge in [-0.05, 0) is 37.3 Å². The minimum atomic E-state index is -0.802. The van der Waals surface area contributed by atoms with E-state index in [0.29, 0.717) is 47.0 Å². The molecule has 2 aliphatic rings. The van der Waals surface area contributed by atoms with Crippen molar-refractivity contribution < 1.29 is 19.1 Å². The quantitative estimate of drug-likeness (QED) is 0.444. The number of halogens is 1. The van der Waals surface area contributed by atoms with Crippen molar-refractivity contribution in [1.82, 2.24) is 20.9 Å². The normalized spacial score (nSPS) is 19.4. The molecule has 1 aliphatic carbocycles. The number of H-pyrrole nitrogens is 1. The summed E-state index contributed by atoms with van der Waals surface area (Å²) >= 11 is 6.28. The lowest BCUT2D eigenvalue weighted by molar-refractivity contribution is -0.125. The number of aromatic nitrogens is 1. The number of aromatic amines is 1. The molecule has 10 heteroatoms. The fourth-order valence-corrected chi connectivity index (χ4v) is 4.40. The second kappa shape index (κ2) is 9.71. The van der Waals surface area contributed by atoms with Crippen LogP contribution in [0.25, 0.3) is 10.9 Å². The molecule has 1 aliphatic heterocycles. The van der Waals surface area contributed by atoms with Gasteiger partial charge in [0, 0.05) is 23.9 Å². The van der Waals surface area contributed by atoms with Crippen molar-refractivity contribution in [1.29, 1.82) is 5.26 Å². The van der Waals surface area contributed by atoms with Crippen LogP contribution in [0.4, 0.5) is 0 Å². The van der Waals surface area contributed by atoms with E-state index >= 15 is 0 Å². The number of rotatable bonds is 9. The third kappa shape index (κ3) is 5.40. The minimum Gasteiger partial charge on any atom is -0.497 e. The van der Waals surface area contributed by atoms with Crippen molar-refractivity contribution in [2.24, 2.45) is 11.8 Å². The summed E-state index contributed by atoms with van der Waals surface area (Å²) < 4.78 is 5.22. The Balaban J connectivity index is 1.45. The second-order valence-electron chi connectivity index (χ2n) is 8.66. The first-order valence-corrected chi connectivity index (χ1v) is 11.4. The molecule has 2 fully saturated rings. The van der Waals surface area contributed by atoms with E-state index in [1.807, 2.05) is 0 Å². The molecule has 9 nitrogen and oxygen atoms in total. The van der Waals surface area contributed by atoms with Gasteiger partial charge in [0.2, 0.25) is 11.8 Å². The largest absolute Gasteiger partial charge is 0.497 e. The highest BCUT2D eigenvalue weighted by molar-refractivity contribution is 6.35. The van der Waals surface area contributed by atoms with Crippen LogP contribution < -0.4 is 20.7 Å². The number of benzene rings is 1. The number of carbonyl (C=O) groups excluding carboxylic acids is 3. The van der Waals surface area contributed by atoms with Crippen LogP contribution in [0.1, 0.15) is 42.6 Å². The van der Waals surface area contributed by atoms with E-state index < -0.39 is 23.9 Å². The van der Waals surface area contributed by atoms with Crippen molar-refractivity contribution in [2.45, 2.75) is 44.2 Å². The molecule has 2 aromatic rings. The third-order valence-corrected chi connectivity index (χ3v) is 6.48. The fourth-order valence-electron chi connectivity index (χ4n) is 4.14. The molecule has 1 aromatic carbocycles. The van der Waals surface area contributed by atoms with E-state index in [1.54, 1.807) is 18.2 Å². The summed E-state index contributed by atoms with van der Waals surface area (Å²) in [6.45, 7) is 0.580. The summed E-state index contributed by atoms with van der Waals surface area (Å²) in [7, 11) is 1.53. The standard InChI is InChI=1S/C23H26ClN5O4/c1-33-16-8-14-9-19(28-20(14)17(24)10-16)23(32)29-18(6-12-2-3-12)22(31)27-15(11-25)7-13-4-5-26-21(13)30/h8-10,12-13,15,18,28H,2-7H2,1H3,(H,26,30)(H,27,31)(H,29,32). The number of methoxy groups -OCH3 is 1. The molecular weight excluding hydrogens is 446 g/mol. The van der Waals surface area contributed by atoms with Crippen molar-refractivity contribution in [3.63, 3.8) is 0 Å². The van der Waals surface area contributed by atoms with E-state index in [2.05, 4.69) is 27.0 Å². The molecule has 0 radical (unpaired) electrons. The monoisotopic (exact) mass is 471 g/mol. The molecule has 2 heterocycles. The zero-order valence-corrected chi connectivity index (χ0v) is 19.0. The number of nitrogens with one attached hydrogen (secondary N) is 4. The van der Waals surface area contributed by atoms with E-state index in [4.69, 9.17) is 16.3 Å². The van der Waals surface area contributed by atoms with E-state index in [-0.39, 0.29) is 23.9 Å². The highest BCUT2D eigenvalue weighted by Gasteiger charge is 2.33. The summed E-state index contributed by atoms with van der Waals surface area (Å²) in [6, 6.07) is 5.55. The molecule has 4 rings (SSSR count). The summed E-state index contributed by atoms with van der Waals surface area (Å²) in [5.41, 5.74) is 0.874. The van der Waals surface area contributed by atoms with Gasteiger partial charge in [0.15, 0.2) is 0 Å². The molecule has 4 N–H and O–H groups in total. The van der Waals surface area contributed by atoms with Gasteiger partial charge in [-0.2, -0.15) is 5.26 Å². The van der Waals surface area contributed by atoms with Crippen LogP contribution in [0, 0.1) is 23.2 Å². The Morgan fingerprint density at radius 2 is 2.03 bits per heavy atom. The second-order valence-corrected chi connectivity index (χ2v) is 9.07. The molecule has 3 amide bonds. The van der Waals surface area contributed by atoms with Crippen molar-refractivity contribution in [2.75, 3.05) is 13.7 Å². The Morgan fingerprint density at radius 1 is 1.24 bits per heavy atom. The number of carbonyl (C=O) groups is 3. The van der Waals surface area contributed by atoms with Gasteiger partial charge in [0.1, 0.15) is 23.5 Å². The molecule has 33 heavy (non-hydrogen) atoms. The SMILES string of the molecule is COc1cc(Cl)c2[nH]c(C(=O)NC(CC3CC3)C(=O)NC(C#N)CC3CCNC3=O)cc2c1. The maximum Gasteiger partial charge on any atom is 0.268 e. The zero-order chi connectivity index (χ0) is 23.5. The molecule has 0 bridgehead atoms. The molecule has 3 atom stereocenters. The van der Waals surface area contributed by atoms with Crippen LogP contribution >= 0.6 is 11.6 Å². The van der Waals surface area contributed by atoms with Gasteiger partial charge in [0.05, 0.1) is 23.7 Å². The lowest BCUT2D eigenvalue weighted by Gasteiger charge is -2.21. The van der Waals surface area contributed by atoms with Gasteiger partial charge < -0.3 is 25.7 Å². The highest BCUT2D eigenvalue weighted by Crippen LogP contribution is 2.34. The Labute approximate surface area is 196 Å². The van der Waals surface area contributed by atoms with Gasteiger partial charge in [-0.25, -0.2) is 0 Å². The molecule has 0 spiro atoms. The number of hydrogen-bond donors (Lipinski definition) is 4. The average molecular weight is 472 g/mol. The molecule has 1 saturated carbocycles. The van der Waals surface area contributed by atoms with Crippen molar-refractivity contribution in [3.8, 4) is 11.8 Å². The lowest BCUT2D eigenvalue weighted by atomic mass is 9.98. The highest BCUT2D eigenvalue weighted by atomic mass is 35.5. The molecular formula is C23H26ClN5O4. The average Bonchev–Trinajstić information content (AvgIpc) is 3.36. The zero-order valence-electron chi connectivity index (χ0n) is 18.2. The van der Waals surface area contributed by atoms with Crippen LogP contribution in [-0.2, 0) is 9.59 Å². The number of nitrogens with zero attached hydrogens (tertiary/aromatic N) is 1. The van der Waals surface area contributed by atoms with Crippen LogP contribution in [0.2, 0.25) is 5.02 Å². The smallest absolute Gasteiger partial charge is 0.268 e. The molecule has 1 saturated heterocycles. The Bertz CT molecular complexity index is 1120. The maximum atomic E-state index is 13.0. The molecule has 1 aromatic heterocycles. The number of hydrogen-bond acceptors (Lipinski definition) is 5. The lowest BCUT2D eigenvalue weighted by Crippen LogP contribution is -2.50. The van der Waals surface area contributed by atoms with Crippen LogP contribution in [0.5, 0.6) is 5.75 Å². The topological polar surface area (TPSA) is 136 Å². The van der Waals surface area contributed by atoms with Gasteiger partial charge in [0.25, 0.3) is 5.91 Å². The van der Waals surface area contributed by atoms with E-state index in [1.165, 1.54) is 7.11 Å². The number of fused-ring (bicyclic) bond motifs is 1. The van der Waals surface area contributed by atoms with Gasteiger partial charge in [-0.3, -0.25) is 14.4 Å².